The topological polar surface area (TPSA) is 233 Å². The highest BCUT2D eigenvalue weighted by molar-refractivity contribution is 6.02. The maximum Gasteiger partial charge on any atom is 0.354 e. The summed E-state index contributed by atoms with van der Waals surface area (Å²) in [7, 11) is 1.47. The smallest absolute Gasteiger partial charge is 0.354 e. The minimum absolute atomic E-state index is 0.0496. The second kappa shape index (κ2) is 11.3. The monoisotopic (exact) mass is 590 g/mol. The van der Waals surface area contributed by atoms with E-state index < -0.39 is 36.2 Å². The molecule has 2 aromatic rings. The number of benzene rings is 2. The highest BCUT2D eigenvalue weighted by Gasteiger charge is 2.72. The molecule has 1 saturated heterocycles. The Kier molecular flexibility index (Phi) is 8.45. The van der Waals surface area contributed by atoms with E-state index in [-0.39, 0.29) is 48.2 Å². The molecule has 1 fully saturated rings. The van der Waals surface area contributed by atoms with E-state index in [4.69, 9.17) is 0 Å². The Balaban J connectivity index is 1.48. The maximum absolute atomic E-state index is 13.1. The number of amides is 2. The zero-order valence-electron chi connectivity index (χ0n) is 22.9. The number of fused-ring (bicyclic) bond motifs is 1. The number of likely N-dealkylation sites (N-methyl/N-ethyl adjacent to an activating group) is 1. The van der Waals surface area contributed by atoms with Crippen molar-refractivity contribution < 1.29 is 54.9 Å². The Labute approximate surface area is 240 Å². The summed E-state index contributed by atoms with van der Waals surface area (Å²) in [4.78, 5) is 38.0. The highest BCUT2D eigenvalue weighted by Crippen LogP contribution is 2.43. The van der Waals surface area contributed by atoms with Crippen LogP contribution in [0.2, 0.25) is 0 Å². The van der Waals surface area contributed by atoms with Crippen LogP contribution in [0.5, 0.6) is 0 Å². The number of carbonyl (C=O) groups excluding carboxylic acids is 3. The van der Waals surface area contributed by atoms with Crippen LogP contribution in [0.3, 0.4) is 0 Å². The largest absolute Gasteiger partial charge is 0.381 e. The Morgan fingerprint density at radius 1 is 1.02 bits per heavy atom. The van der Waals surface area contributed by atoms with Crippen molar-refractivity contribution in [1.29, 1.82) is 0 Å². The van der Waals surface area contributed by atoms with Crippen LogP contribution in [-0.4, -0.2) is 100 Å². The number of nitrogens with one attached hydrogen (secondary N) is 2. The van der Waals surface area contributed by atoms with Crippen LogP contribution in [0.25, 0.3) is 0 Å². The average Bonchev–Trinajstić information content (AvgIpc) is 3.26. The van der Waals surface area contributed by atoms with E-state index in [9.17, 15) is 50.1 Å². The number of rotatable bonds is 10. The second-order valence-electron chi connectivity index (χ2n) is 10.4. The van der Waals surface area contributed by atoms with Crippen molar-refractivity contribution in [2.24, 2.45) is 0 Å². The van der Waals surface area contributed by atoms with Gasteiger partial charge < -0.3 is 56.1 Å². The van der Waals surface area contributed by atoms with Crippen molar-refractivity contribution in [3.05, 3.63) is 64.7 Å². The van der Waals surface area contributed by atoms with Gasteiger partial charge >= 0.3 is 11.9 Å². The minimum atomic E-state index is -3.78. The fourth-order valence-electron chi connectivity index (χ4n) is 5.01. The number of anilines is 1. The third-order valence-corrected chi connectivity index (χ3v) is 7.48. The summed E-state index contributed by atoms with van der Waals surface area (Å²) in [6.07, 6.45) is 1.02. The number of hydrogen-bond acceptors (Lipinski definition) is 13. The maximum atomic E-state index is 13.1. The van der Waals surface area contributed by atoms with Crippen LogP contribution in [0, 0.1) is 0 Å². The van der Waals surface area contributed by atoms with Crippen LogP contribution in [0.15, 0.2) is 42.5 Å². The van der Waals surface area contributed by atoms with Gasteiger partial charge in [-0.25, -0.2) is 0 Å². The molecule has 2 aliphatic rings. The molecule has 15 nitrogen and oxygen atoms in total. The third kappa shape index (κ3) is 5.49. The van der Waals surface area contributed by atoms with E-state index >= 15 is 0 Å². The van der Waals surface area contributed by atoms with Gasteiger partial charge in [-0.15, -0.1) is 0 Å². The SMILES string of the molecule is CNC(=O)C(CCC=O)N1Cc2c(NCc3ccc(CN4C(O)(O)C(C)(O)OC(O)(O)C4(O)O)cc3)cccc2C1=O. The van der Waals surface area contributed by atoms with Crippen molar-refractivity contribution >= 4 is 23.8 Å². The molecule has 4 rings (SSSR count). The predicted molar refractivity (Wildman–Crippen MR) is 142 cm³/mol. The lowest BCUT2D eigenvalue weighted by Crippen LogP contribution is -2.83. The number of nitrogens with zero attached hydrogens (tertiary/aromatic N) is 2. The molecule has 42 heavy (non-hydrogen) atoms. The number of aliphatic hydroxyl groups is 7. The number of carbonyl (C=O) groups is 3. The molecular formula is C27H34N4O11. The lowest BCUT2D eigenvalue weighted by molar-refractivity contribution is -0.624. The normalized spacial score (nSPS) is 23.3. The molecule has 0 saturated carbocycles. The van der Waals surface area contributed by atoms with Gasteiger partial charge in [0, 0.05) is 49.9 Å². The molecular weight excluding hydrogens is 556 g/mol. The fourth-order valence-corrected chi connectivity index (χ4v) is 5.01. The molecule has 2 unspecified atom stereocenters. The van der Waals surface area contributed by atoms with Crippen molar-refractivity contribution in [1.82, 2.24) is 15.1 Å². The van der Waals surface area contributed by atoms with E-state index in [1.165, 1.54) is 24.1 Å². The van der Waals surface area contributed by atoms with Gasteiger partial charge in [-0.3, -0.25) is 14.3 Å². The van der Waals surface area contributed by atoms with E-state index in [2.05, 4.69) is 15.4 Å². The first kappa shape index (κ1) is 31.4. The summed E-state index contributed by atoms with van der Waals surface area (Å²) in [5.41, 5.74) is 2.79. The summed E-state index contributed by atoms with van der Waals surface area (Å²) in [6.45, 7) is 0.479. The van der Waals surface area contributed by atoms with Crippen molar-refractivity contribution in [3.8, 4) is 0 Å². The number of aldehydes is 1. The van der Waals surface area contributed by atoms with Gasteiger partial charge in [0.25, 0.3) is 11.8 Å². The van der Waals surface area contributed by atoms with Gasteiger partial charge in [-0.1, -0.05) is 30.3 Å². The molecule has 0 spiro atoms. The molecule has 2 heterocycles. The molecule has 2 aliphatic heterocycles. The number of morpholine rings is 1. The Bertz CT molecular complexity index is 1320. The Morgan fingerprint density at radius 2 is 1.67 bits per heavy atom. The van der Waals surface area contributed by atoms with E-state index in [1.807, 2.05) is 0 Å². The average molecular weight is 591 g/mol. The molecule has 15 heteroatoms. The third-order valence-electron chi connectivity index (χ3n) is 7.48. The Morgan fingerprint density at radius 3 is 2.29 bits per heavy atom. The summed E-state index contributed by atoms with van der Waals surface area (Å²) < 4.78 is 4.30. The quantitative estimate of drug-likeness (QED) is 0.106. The first-order chi connectivity index (χ1) is 19.6. The first-order valence-electron chi connectivity index (χ1n) is 13.0. The Hall–Kier alpha value is -3.51. The molecule has 0 radical (unpaired) electrons. The van der Waals surface area contributed by atoms with E-state index in [0.29, 0.717) is 30.0 Å². The molecule has 9 N–H and O–H groups in total. The van der Waals surface area contributed by atoms with Crippen LogP contribution in [0.1, 0.15) is 46.8 Å². The van der Waals surface area contributed by atoms with Gasteiger partial charge in [-0.2, -0.15) is 4.90 Å². The molecule has 2 amide bonds. The van der Waals surface area contributed by atoms with Gasteiger partial charge in [0.05, 0.1) is 0 Å². The molecule has 2 atom stereocenters. The van der Waals surface area contributed by atoms with Crippen LogP contribution in [-0.2, 0) is 34.0 Å². The van der Waals surface area contributed by atoms with Gasteiger partial charge in [0.15, 0.2) is 0 Å². The predicted octanol–water partition coefficient (Wildman–Crippen LogP) is -2.20. The zero-order chi connectivity index (χ0) is 31.1. The summed E-state index contributed by atoms with van der Waals surface area (Å²) in [5.74, 6) is -14.7. The molecule has 2 aromatic carbocycles. The molecule has 0 aliphatic carbocycles. The number of hydrogen-bond donors (Lipinski definition) is 9. The minimum Gasteiger partial charge on any atom is -0.381 e. The van der Waals surface area contributed by atoms with Crippen molar-refractivity contribution in [2.45, 2.75) is 69.0 Å². The molecule has 0 aromatic heterocycles. The summed E-state index contributed by atoms with van der Waals surface area (Å²) in [5, 5.41) is 77.0. The standard InChI is InChI=1S/C27H34N4O11/c1-24(35)25(36,37)31(26(38,39)27(40,41)42-24)14-17-10-8-16(9-11-17)13-29-20-6-3-5-18-19(20)15-30(23(18)34)21(7-4-12-32)22(33)28-2/h3,5-6,8-12,21,29,35-41H,4,7,13-15H2,1-2H3,(H,28,33). The van der Waals surface area contributed by atoms with E-state index in [0.717, 1.165) is 5.56 Å². The molecule has 228 valence electrons. The number of ether oxygens (including phenoxy) is 1. The van der Waals surface area contributed by atoms with Crippen molar-refractivity contribution in [2.75, 3.05) is 12.4 Å². The molecule has 0 bridgehead atoms. The lowest BCUT2D eigenvalue weighted by atomic mass is 10.0. The van der Waals surface area contributed by atoms with Gasteiger partial charge in [0.1, 0.15) is 12.3 Å². The van der Waals surface area contributed by atoms with Crippen LogP contribution < -0.4 is 10.6 Å². The summed E-state index contributed by atoms with van der Waals surface area (Å²) >= 11 is 0. The lowest BCUT2D eigenvalue weighted by Gasteiger charge is -2.56. The summed E-state index contributed by atoms with van der Waals surface area (Å²) in [6, 6.07) is 10.6. The van der Waals surface area contributed by atoms with Crippen LogP contribution in [0.4, 0.5) is 5.69 Å². The first-order valence-corrected chi connectivity index (χ1v) is 13.0. The van der Waals surface area contributed by atoms with Crippen molar-refractivity contribution in [3.63, 3.8) is 0 Å². The second-order valence-corrected chi connectivity index (χ2v) is 10.4. The van der Waals surface area contributed by atoms with E-state index in [1.54, 1.807) is 30.3 Å². The van der Waals surface area contributed by atoms with Gasteiger partial charge in [0.2, 0.25) is 11.7 Å². The fraction of sp³-hybridized carbons (Fsp3) is 0.444. The van der Waals surface area contributed by atoms with Crippen LogP contribution >= 0.6 is 0 Å². The zero-order valence-corrected chi connectivity index (χ0v) is 22.9. The highest BCUT2D eigenvalue weighted by atomic mass is 16.9. The van der Waals surface area contributed by atoms with Gasteiger partial charge in [-0.05, 0) is 36.6 Å².